The predicted molar refractivity (Wildman–Crippen MR) is 113 cm³/mol. The number of hydrogen-bond donors (Lipinski definition) is 0. The molecule has 32 heavy (non-hydrogen) atoms. The van der Waals surface area contributed by atoms with Gasteiger partial charge < -0.3 is 14.4 Å². The number of rotatable bonds is 6. The summed E-state index contributed by atoms with van der Waals surface area (Å²) in [5.74, 6) is -0.443. The van der Waals surface area contributed by atoms with Crippen molar-refractivity contribution in [3.8, 4) is 5.75 Å². The van der Waals surface area contributed by atoms with Crippen LogP contribution in [0.2, 0.25) is 0 Å². The maximum absolute atomic E-state index is 13.7. The number of morpholine rings is 1. The van der Waals surface area contributed by atoms with E-state index in [4.69, 9.17) is 9.47 Å². The van der Waals surface area contributed by atoms with Crippen molar-refractivity contribution < 1.29 is 18.7 Å². The van der Waals surface area contributed by atoms with Crippen LogP contribution < -0.4 is 10.3 Å². The highest BCUT2D eigenvalue weighted by molar-refractivity contribution is 5.92. The van der Waals surface area contributed by atoms with E-state index in [9.17, 15) is 14.0 Å². The zero-order valence-electron chi connectivity index (χ0n) is 17.9. The second-order valence-corrected chi connectivity index (χ2v) is 7.50. The molecule has 0 spiro atoms. The molecule has 168 valence electrons. The number of para-hydroxylation sites is 1. The van der Waals surface area contributed by atoms with E-state index in [-0.39, 0.29) is 29.0 Å². The average molecular weight is 441 g/mol. The third-order valence-electron chi connectivity index (χ3n) is 5.31. The SMILES string of the molecule is Cn1nc([C@@H]2CN(C(=O)c3ccc(=O)n(C)n3)CCO2)cc1CCOc1ccccc1F. The summed E-state index contributed by atoms with van der Waals surface area (Å²) in [7, 11) is 3.33. The Bertz CT molecular complexity index is 1180. The first-order valence-corrected chi connectivity index (χ1v) is 10.3. The van der Waals surface area contributed by atoms with Crippen LogP contribution in [0.4, 0.5) is 4.39 Å². The highest BCUT2D eigenvalue weighted by atomic mass is 19.1. The molecular formula is C22H24FN5O4. The number of nitrogens with zero attached hydrogens (tertiary/aromatic N) is 5. The van der Waals surface area contributed by atoms with E-state index in [1.54, 1.807) is 27.8 Å². The first-order valence-electron chi connectivity index (χ1n) is 10.3. The molecule has 1 atom stereocenters. The molecule has 1 amide bonds. The quantitative estimate of drug-likeness (QED) is 0.576. The maximum Gasteiger partial charge on any atom is 0.274 e. The largest absolute Gasteiger partial charge is 0.490 e. The molecule has 1 aliphatic heterocycles. The van der Waals surface area contributed by atoms with E-state index in [0.29, 0.717) is 38.4 Å². The Labute approximate surface area is 184 Å². The molecule has 10 heteroatoms. The topological polar surface area (TPSA) is 91.5 Å². The van der Waals surface area contributed by atoms with E-state index < -0.39 is 5.82 Å². The van der Waals surface area contributed by atoms with Gasteiger partial charge in [-0.3, -0.25) is 14.3 Å². The number of aromatic nitrogens is 4. The lowest BCUT2D eigenvalue weighted by molar-refractivity contribution is -0.0251. The second kappa shape index (κ2) is 9.31. The lowest BCUT2D eigenvalue weighted by Crippen LogP contribution is -2.43. The minimum Gasteiger partial charge on any atom is -0.490 e. The van der Waals surface area contributed by atoms with E-state index >= 15 is 0 Å². The number of carbonyl (C=O) groups excluding carboxylic acids is 1. The molecule has 0 aliphatic carbocycles. The summed E-state index contributed by atoms with van der Waals surface area (Å²) in [4.78, 5) is 26.0. The molecule has 0 radical (unpaired) electrons. The number of hydrogen-bond acceptors (Lipinski definition) is 6. The average Bonchev–Trinajstić information content (AvgIpc) is 3.17. The lowest BCUT2D eigenvalue weighted by Gasteiger charge is -2.31. The van der Waals surface area contributed by atoms with Gasteiger partial charge in [-0.2, -0.15) is 10.2 Å². The Morgan fingerprint density at radius 3 is 2.78 bits per heavy atom. The molecule has 9 nitrogen and oxygen atoms in total. The summed E-state index contributed by atoms with van der Waals surface area (Å²) in [6, 6.07) is 11.0. The van der Waals surface area contributed by atoms with Crippen molar-refractivity contribution in [2.45, 2.75) is 12.5 Å². The van der Waals surface area contributed by atoms with Gasteiger partial charge in [0.05, 0.1) is 25.5 Å². The number of benzene rings is 1. The summed E-state index contributed by atoms with van der Waals surface area (Å²) in [5.41, 5.74) is 1.54. The van der Waals surface area contributed by atoms with Crippen molar-refractivity contribution in [1.29, 1.82) is 0 Å². The third-order valence-corrected chi connectivity index (χ3v) is 5.31. The van der Waals surface area contributed by atoms with E-state index in [0.717, 1.165) is 10.4 Å². The Morgan fingerprint density at radius 2 is 2.00 bits per heavy atom. The zero-order chi connectivity index (χ0) is 22.7. The highest BCUT2D eigenvalue weighted by Gasteiger charge is 2.29. The summed E-state index contributed by atoms with van der Waals surface area (Å²) in [5, 5.41) is 8.57. The van der Waals surface area contributed by atoms with Crippen LogP contribution in [-0.2, 0) is 25.3 Å². The van der Waals surface area contributed by atoms with E-state index in [1.807, 2.05) is 13.1 Å². The minimum absolute atomic E-state index is 0.208. The molecule has 0 saturated carbocycles. The molecule has 1 aliphatic rings. The van der Waals surface area contributed by atoms with Gasteiger partial charge in [-0.05, 0) is 24.3 Å². The lowest BCUT2D eigenvalue weighted by atomic mass is 10.1. The summed E-state index contributed by atoms with van der Waals surface area (Å²) in [6.45, 7) is 1.42. The fraction of sp³-hybridized carbons (Fsp3) is 0.364. The van der Waals surface area contributed by atoms with Crippen LogP contribution in [0.15, 0.2) is 47.3 Å². The Morgan fingerprint density at radius 1 is 1.19 bits per heavy atom. The monoisotopic (exact) mass is 441 g/mol. The molecule has 3 heterocycles. The van der Waals surface area contributed by atoms with Crippen LogP contribution in [0.1, 0.15) is 28.0 Å². The smallest absolute Gasteiger partial charge is 0.274 e. The number of ether oxygens (including phenoxy) is 2. The second-order valence-electron chi connectivity index (χ2n) is 7.50. The number of amides is 1. The van der Waals surface area contributed by atoms with Gasteiger partial charge >= 0.3 is 0 Å². The van der Waals surface area contributed by atoms with Crippen LogP contribution in [0.25, 0.3) is 0 Å². The van der Waals surface area contributed by atoms with Gasteiger partial charge in [-0.25, -0.2) is 9.07 Å². The van der Waals surface area contributed by atoms with Gasteiger partial charge in [0.2, 0.25) is 0 Å². The van der Waals surface area contributed by atoms with Crippen molar-refractivity contribution in [2.75, 3.05) is 26.3 Å². The van der Waals surface area contributed by atoms with Gasteiger partial charge in [0.25, 0.3) is 11.5 Å². The van der Waals surface area contributed by atoms with Crippen molar-refractivity contribution in [1.82, 2.24) is 24.5 Å². The number of aryl methyl sites for hydroxylation is 2. The fourth-order valence-corrected chi connectivity index (χ4v) is 3.54. The summed E-state index contributed by atoms with van der Waals surface area (Å²) >= 11 is 0. The molecule has 1 aromatic carbocycles. The molecule has 3 aromatic rings. The van der Waals surface area contributed by atoms with Gasteiger partial charge in [0, 0.05) is 38.8 Å². The van der Waals surface area contributed by atoms with E-state index in [2.05, 4.69) is 10.2 Å². The standard InChI is InChI=1S/C22H24FN5O4/c1-26-15(9-11-31-19-6-4-3-5-16(19)23)13-18(25-26)20-14-28(10-12-32-20)22(30)17-7-8-21(29)27(2)24-17/h3-8,13,20H,9-12,14H2,1-2H3/t20-/m0/s1. The first-order chi connectivity index (χ1) is 15.4. The Hall–Kier alpha value is -3.53. The molecule has 4 rings (SSSR count). The first kappa shape index (κ1) is 21.7. The van der Waals surface area contributed by atoms with Crippen molar-refractivity contribution >= 4 is 5.91 Å². The highest BCUT2D eigenvalue weighted by Crippen LogP contribution is 2.23. The van der Waals surface area contributed by atoms with Crippen molar-refractivity contribution in [2.24, 2.45) is 14.1 Å². The van der Waals surface area contributed by atoms with Crippen LogP contribution in [0.5, 0.6) is 5.75 Å². The van der Waals surface area contributed by atoms with Crippen LogP contribution in [0.3, 0.4) is 0 Å². The van der Waals surface area contributed by atoms with Crippen molar-refractivity contribution in [3.63, 3.8) is 0 Å². The van der Waals surface area contributed by atoms with Crippen LogP contribution in [0, 0.1) is 5.82 Å². The molecule has 0 unspecified atom stereocenters. The van der Waals surface area contributed by atoms with Crippen LogP contribution in [-0.4, -0.2) is 56.7 Å². The molecular weight excluding hydrogens is 417 g/mol. The Balaban J connectivity index is 1.40. The molecule has 1 saturated heterocycles. The maximum atomic E-state index is 13.7. The zero-order valence-corrected chi connectivity index (χ0v) is 17.9. The molecule has 2 aromatic heterocycles. The molecule has 0 bridgehead atoms. The summed E-state index contributed by atoms with van der Waals surface area (Å²) in [6.07, 6.45) is 0.155. The molecule has 0 N–H and O–H groups in total. The minimum atomic E-state index is -0.397. The number of halogens is 1. The Kier molecular flexibility index (Phi) is 6.31. The number of carbonyl (C=O) groups is 1. The van der Waals surface area contributed by atoms with E-state index in [1.165, 1.54) is 25.2 Å². The summed E-state index contributed by atoms with van der Waals surface area (Å²) < 4.78 is 28.0. The third kappa shape index (κ3) is 4.70. The van der Waals surface area contributed by atoms with Gasteiger partial charge in [0.1, 0.15) is 11.8 Å². The molecule has 1 fully saturated rings. The normalized spacial score (nSPS) is 16.2. The van der Waals surface area contributed by atoms with Gasteiger partial charge in [0.15, 0.2) is 11.6 Å². The predicted octanol–water partition coefficient (Wildman–Crippen LogP) is 1.49. The fourth-order valence-electron chi connectivity index (χ4n) is 3.54. The van der Waals surface area contributed by atoms with Crippen LogP contribution >= 0.6 is 0 Å². The van der Waals surface area contributed by atoms with Crippen molar-refractivity contribution in [3.05, 3.63) is 75.7 Å². The van der Waals surface area contributed by atoms with Gasteiger partial charge in [-0.15, -0.1) is 0 Å². The van der Waals surface area contributed by atoms with Gasteiger partial charge in [-0.1, -0.05) is 12.1 Å².